The van der Waals surface area contributed by atoms with Gasteiger partial charge in [-0.1, -0.05) is 19.8 Å². The molecule has 2 rings (SSSR count). The van der Waals surface area contributed by atoms with Crippen LogP contribution in [0.2, 0.25) is 0 Å². The highest BCUT2D eigenvalue weighted by Gasteiger charge is 2.25. The molecule has 0 radical (unpaired) electrons. The average Bonchev–Trinajstić information content (AvgIpc) is 2.89. The summed E-state index contributed by atoms with van der Waals surface area (Å²) in [5, 5.41) is 0. The van der Waals surface area contributed by atoms with Gasteiger partial charge in [0.15, 0.2) is 0 Å². The van der Waals surface area contributed by atoms with Crippen LogP contribution in [0, 0.1) is 5.92 Å². The van der Waals surface area contributed by atoms with Gasteiger partial charge >= 0.3 is 0 Å². The standard InChI is InChI=1S/C13H19ClN2O3S/c1-2-3-10-4-6-16(7-5-10)13(17)12-8-11(9-15-12)20(14,18)19/h8-10,15H,2-7H2,1H3. The van der Waals surface area contributed by atoms with Gasteiger partial charge < -0.3 is 9.88 Å². The van der Waals surface area contributed by atoms with Crippen LogP contribution < -0.4 is 0 Å². The largest absolute Gasteiger partial charge is 0.356 e. The topological polar surface area (TPSA) is 70.2 Å². The van der Waals surface area contributed by atoms with Gasteiger partial charge in [0.05, 0.1) is 0 Å². The predicted molar refractivity (Wildman–Crippen MR) is 77.4 cm³/mol. The molecule has 1 fully saturated rings. The van der Waals surface area contributed by atoms with Crippen molar-refractivity contribution < 1.29 is 13.2 Å². The minimum atomic E-state index is -3.79. The predicted octanol–water partition coefficient (Wildman–Crippen LogP) is 2.59. The molecule has 0 unspecified atom stereocenters. The molecule has 2 heterocycles. The fourth-order valence-corrected chi connectivity index (χ4v) is 3.37. The first-order valence-corrected chi connectivity index (χ1v) is 9.15. The fraction of sp³-hybridized carbons (Fsp3) is 0.615. The summed E-state index contributed by atoms with van der Waals surface area (Å²) < 4.78 is 22.4. The van der Waals surface area contributed by atoms with E-state index in [-0.39, 0.29) is 16.5 Å². The van der Waals surface area contributed by atoms with Gasteiger partial charge in [-0.3, -0.25) is 4.79 Å². The van der Waals surface area contributed by atoms with Crippen molar-refractivity contribution in [3.05, 3.63) is 18.0 Å². The molecule has 1 saturated heterocycles. The van der Waals surface area contributed by atoms with Crippen LogP contribution in [-0.4, -0.2) is 37.3 Å². The number of hydrogen-bond donors (Lipinski definition) is 1. The molecule has 112 valence electrons. The lowest BCUT2D eigenvalue weighted by molar-refractivity contribution is 0.0681. The zero-order chi connectivity index (χ0) is 14.8. The Hall–Kier alpha value is -1.01. The third-order valence-corrected chi connectivity index (χ3v) is 5.10. The SMILES string of the molecule is CCCC1CCN(C(=O)c2cc(S(=O)(=O)Cl)c[nH]2)CC1. The smallest absolute Gasteiger partial charge is 0.270 e. The summed E-state index contributed by atoms with van der Waals surface area (Å²) in [6.45, 7) is 3.63. The van der Waals surface area contributed by atoms with Crippen molar-refractivity contribution in [2.75, 3.05) is 13.1 Å². The summed E-state index contributed by atoms with van der Waals surface area (Å²) in [6, 6.07) is 1.29. The summed E-state index contributed by atoms with van der Waals surface area (Å²) in [6.07, 6.45) is 5.66. The molecule has 1 aliphatic rings. The second-order valence-corrected chi connectivity index (χ2v) is 7.78. The zero-order valence-electron chi connectivity index (χ0n) is 11.4. The highest BCUT2D eigenvalue weighted by molar-refractivity contribution is 8.13. The molecule has 0 aliphatic carbocycles. The van der Waals surface area contributed by atoms with Crippen LogP contribution in [0.4, 0.5) is 0 Å². The molecular formula is C13H19ClN2O3S. The maximum absolute atomic E-state index is 12.3. The molecule has 0 aromatic carbocycles. The number of halogens is 1. The summed E-state index contributed by atoms with van der Waals surface area (Å²) in [5.74, 6) is 0.540. The number of nitrogens with zero attached hydrogens (tertiary/aromatic N) is 1. The van der Waals surface area contributed by atoms with Crippen molar-refractivity contribution in [2.45, 2.75) is 37.5 Å². The number of carbonyl (C=O) groups excluding carboxylic acids is 1. The normalized spacial score (nSPS) is 17.4. The minimum Gasteiger partial charge on any atom is -0.356 e. The second kappa shape index (κ2) is 6.18. The van der Waals surface area contributed by atoms with Gasteiger partial charge in [0, 0.05) is 30.0 Å². The van der Waals surface area contributed by atoms with Crippen molar-refractivity contribution in [3.8, 4) is 0 Å². The number of aromatic nitrogens is 1. The van der Waals surface area contributed by atoms with Crippen LogP contribution in [0.15, 0.2) is 17.2 Å². The molecule has 1 N–H and O–H groups in total. The van der Waals surface area contributed by atoms with Crippen molar-refractivity contribution in [2.24, 2.45) is 5.92 Å². The van der Waals surface area contributed by atoms with E-state index >= 15 is 0 Å². The Balaban J connectivity index is 2.00. The average molecular weight is 319 g/mol. The van der Waals surface area contributed by atoms with E-state index in [2.05, 4.69) is 11.9 Å². The lowest BCUT2D eigenvalue weighted by atomic mass is 9.92. The van der Waals surface area contributed by atoms with Crippen LogP contribution in [0.5, 0.6) is 0 Å². The van der Waals surface area contributed by atoms with E-state index in [0.717, 1.165) is 25.9 Å². The first-order valence-electron chi connectivity index (χ1n) is 6.84. The Morgan fingerprint density at radius 1 is 1.45 bits per heavy atom. The zero-order valence-corrected chi connectivity index (χ0v) is 13.0. The maximum atomic E-state index is 12.3. The van der Waals surface area contributed by atoms with E-state index in [0.29, 0.717) is 5.92 Å². The van der Waals surface area contributed by atoms with Gasteiger partial charge in [0.1, 0.15) is 10.6 Å². The van der Waals surface area contributed by atoms with Crippen molar-refractivity contribution in [1.82, 2.24) is 9.88 Å². The number of nitrogens with one attached hydrogen (secondary N) is 1. The van der Waals surface area contributed by atoms with Gasteiger partial charge in [-0.05, 0) is 24.8 Å². The molecule has 1 amide bonds. The third-order valence-electron chi connectivity index (χ3n) is 3.77. The van der Waals surface area contributed by atoms with Crippen LogP contribution in [0.25, 0.3) is 0 Å². The number of aromatic amines is 1. The molecule has 0 bridgehead atoms. The number of amides is 1. The van der Waals surface area contributed by atoms with Crippen molar-refractivity contribution in [1.29, 1.82) is 0 Å². The van der Waals surface area contributed by atoms with Crippen LogP contribution in [-0.2, 0) is 9.05 Å². The van der Waals surface area contributed by atoms with E-state index in [4.69, 9.17) is 10.7 Å². The fourth-order valence-electron chi connectivity index (χ4n) is 2.64. The van der Waals surface area contributed by atoms with Gasteiger partial charge in [0.25, 0.3) is 15.0 Å². The molecule has 0 atom stereocenters. The van der Waals surface area contributed by atoms with Crippen LogP contribution in [0.3, 0.4) is 0 Å². The number of carbonyl (C=O) groups is 1. The number of likely N-dealkylation sites (tertiary alicyclic amines) is 1. The van der Waals surface area contributed by atoms with E-state index < -0.39 is 9.05 Å². The number of H-pyrrole nitrogens is 1. The lowest BCUT2D eigenvalue weighted by Gasteiger charge is -2.31. The Labute approximate surface area is 123 Å². The van der Waals surface area contributed by atoms with E-state index in [9.17, 15) is 13.2 Å². The molecule has 5 nitrogen and oxygen atoms in total. The first-order chi connectivity index (χ1) is 9.41. The molecule has 0 spiro atoms. The van der Waals surface area contributed by atoms with Crippen molar-refractivity contribution >= 4 is 25.6 Å². The maximum Gasteiger partial charge on any atom is 0.270 e. The van der Waals surface area contributed by atoms with Gasteiger partial charge in [-0.15, -0.1) is 0 Å². The molecule has 7 heteroatoms. The monoisotopic (exact) mass is 318 g/mol. The van der Waals surface area contributed by atoms with E-state index in [1.807, 2.05) is 0 Å². The Kier molecular flexibility index (Phi) is 4.75. The Morgan fingerprint density at radius 2 is 2.10 bits per heavy atom. The van der Waals surface area contributed by atoms with E-state index in [1.54, 1.807) is 4.90 Å². The van der Waals surface area contributed by atoms with E-state index in [1.165, 1.54) is 25.1 Å². The molecule has 1 aromatic heterocycles. The number of hydrogen-bond acceptors (Lipinski definition) is 3. The quantitative estimate of drug-likeness (QED) is 0.867. The van der Waals surface area contributed by atoms with Gasteiger partial charge in [-0.25, -0.2) is 8.42 Å². The molecule has 0 saturated carbocycles. The lowest BCUT2D eigenvalue weighted by Crippen LogP contribution is -2.38. The molecule has 1 aromatic rings. The Bertz CT molecular complexity index is 574. The van der Waals surface area contributed by atoms with Crippen LogP contribution in [0.1, 0.15) is 43.1 Å². The minimum absolute atomic E-state index is 0.0663. The summed E-state index contributed by atoms with van der Waals surface area (Å²) in [5.41, 5.74) is 0.276. The molecule has 1 aliphatic heterocycles. The number of rotatable bonds is 4. The molecule has 20 heavy (non-hydrogen) atoms. The van der Waals surface area contributed by atoms with Gasteiger partial charge in [0.2, 0.25) is 0 Å². The summed E-state index contributed by atoms with van der Waals surface area (Å²) in [4.78, 5) is 16.7. The molecular weight excluding hydrogens is 300 g/mol. The highest BCUT2D eigenvalue weighted by Crippen LogP contribution is 2.23. The van der Waals surface area contributed by atoms with Gasteiger partial charge in [-0.2, -0.15) is 0 Å². The summed E-state index contributed by atoms with van der Waals surface area (Å²) in [7, 11) is 1.45. The second-order valence-electron chi connectivity index (χ2n) is 5.21. The van der Waals surface area contributed by atoms with Crippen LogP contribution >= 0.6 is 10.7 Å². The Morgan fingerprint density at radius 3 is 2.60 bits per heavy atom. The third kappa shape index (κ3) is 3.55. The first kappa shape index (κ1) is 15.4. The summed E-state index contributed by atoms with van der Waals surface area (Å²) >= 11 is 0. The van der Waals surface area contributed by atoms with Crippen molar-refractivity contribution in [3.63, 3.8) is 0 Å². The number of piperidine rings is 1. The highest BCUT2D eigenvalue weighted by atomic mass is 35.7.